The van der Waals surface area contributed by atoms with Crippen molar-refractivity contribution in [3.63, 3.8) is 0 Å². The molecule has 0 spiro atoms. The predicted octanol–water partition coefficient (Wildman–Crippen LogP) is 2.66. The first-order valence-electron chi connectivity index (χ1n) is 7.03. The standard InChI is InChI=1S/C16H22FNO3/c1-11-5-6-13(17)7-12(11)8-16(20)9-18(10-16)14(19)21-15(2,3)4/h5-7,20H,8-10H2,1-4H3. The van der Waals surface area contributed by atoms with E-state index in [0.29, 0.717) is 6.42 Å². The molecule has 1 aromatic rings. The first-order valence-corrected chi connectivity index (χ1v) is 7.03. The Morgan fingerprint density at radius 2 is 2.05 bits per heavy atom. The highest BCUT2D eigenvalue weighted by Crippen LogP contribution is 2.28. The fraction of sp³-hybridized carbons (Fsp3) is 0.562. The molecular weight excluding hydrogens is 273 g/mol. The molecule has 1 saturated heterocycles. The number of hydrogen-bond acceptors (Lipinski definition) is 3. The zero-order valence-electron chi connectivity index (χ0n) is 12.9. The van der Waals surface area contributed by atoms with Crippen molar-refractivity contribution in [1.82, 2.24) is 4.90 Å². The zero-order chi connectivity index (χ0) is 15.8. The largest absolute Gasteiger partial charge is 0.444 e. The van der Waals surface area contributed by atoms with E-state index in [4.69, 9.17) is 4.74 Å². The Morgan fingerprint density at radius 1 is 1.43 bits per heavy atom. The van der Waals surface area contributed by atoms with Crippen LogP contribution in [0.3, 0.4) is 0 Å². The van der Waals surface area contributed by atoms with E-state index in [9.17, 15) is 14.3 Å². The van der Waals surface area contributed by atoms with Crippen LogP contribution in [-0.4, -0.2) is 40.4 Å². The van der Waals surface area contributed by atoms with Gasteiger partial charge in [-0.25, -0.2) is 9.18 Å². The maximum atomic E-state index is 13.3. The molecule has 1 aromatic carbocycles. The number of carbonyl (C=O) groups is 1. The quantitative estimate of drug-likeness (QED) is 0.912. The van der Waals surface area contributed by atoms with Crippen LogP contribution in [0, 0.1) is 12.7 Å². The Bertz CT molecular complexity index is 545. The van der Waals surface area contributed by atoms with Crippen molar-refractivity contribution in [1.29, 1.82) is 0 Å². The molecule has 0 bridgehead atoms. The second-order valence-electron chi connectivity index (χ2n) is 6.81. The Balaban J connectivity index is 1.95. The lowest BCUT2D eigenvalue weighted by molar-refractivity contribution is -0.0974. The number of likely N-dealkylation sites (tertiary alicyclic amines) is 1. The van der Waals surface area contributed by atoms with Crippen LogP contribution in [0.2, 0.25) is 0 Å². The summed E-state index contributed by atoms with van der Waals surface area (Å²) in [4.78, 5) is 13.3. The van der Waals surface area contributed by atoms with Crippen molar-refractivity contribution in [2.24, 2.45) is 0 Å². The summed E-state index contributed by atoms with van der Waals surface area (Å²) < 4.78 is 18.5. The van der Waals surface area contributed by atoms with Crippen molar-refractivity contribution >= 4 is 6.09 Å². The number of amides is 1. The van der Waals surface area contributed by atoms with Gasteiger partial charge in [-0.15, -0.1) is 0 Å². The number of aryl methyl sites for hydroxylation is 1. The van der Waals surface area contributed by atoms with Crippen LogP contribution in [0.25, 0.3) is 0 Å². The van der Waals surface area contributed by atoms with Gasteiger partial charge in [-0.1, -0.05) is 6.07 Å². The van der Waals surface area contributed by atoms with Gasteiger partial charge < -0.3 is 14.7 Å². The highest BCUT2D eigenvalue weighted by atomic mass is 19.1. The van der Waals surface area contributed by atoms with Crippen molar-refractivity contribution < 1.29 is 19.0 Å². The maximum absolute atomic E-state index is 13.3. The van der Waals surface area contributed by atoms with Crippen LogP contribution in [0.5, 0.6) is 0 Å². The molecule has 5 heteroatoms. The second kappa shape index (κ2) is 5.30. The van der Waals surface area contributed by atoms with Gasteiger partial charge in [-0.2, -0.15) is 0 Å². The Kier molecular flexibility index (Phi) is 3.97. The van der Waals surface area contributed by atoms with E-state index in [1.807, 2.05) is 6.92 Å². The van der Waals surface area contributed by atoms with Gasteiger partial charge in [0, 0.05) is 6.42 Å². The Labute approximate surface area is 124 Å². The normalized spacial score (nSPS) is 17.3. The van der Waals surface area contributed by atoms with E-state index in [0.717, 1.165) is 11.1 Å². The summed E-state index contributed by atoms with van der Waals surface area (Å²) in [7, 11) is 0. The highest BCUT2D eigenvalue weighted by molar-refractivity contribution is 5.69. The van der Waals surface area contributed by atoms with Crippen molar-refractivity contribution in [3.8, 4) is 0 Å². The molecule has 1 N–H and O–H groups in total. The Hall–Kier alpha value is -1.62. The summed E-state index contributed by atoms with van der Waals surface area (Å²) in [5.41, 5.74) is 0.140. The van der Waals surface area contributed by atoms with Crippen LogP contribution in [0.4, 0.5) is 9.18 Å². The lowest BCUT2D eigenvalue weighted by atomic mass is 9.86. The number of ether oxygens (including phenoxy) is 1. The number of carbonyl (C=O) groups excluding carboxylic acids is 1. The van der Waals surface area contributed by atoms with Gasteiger partial charge in [0.25, 0.3) is 0 Å². The summed E-state index contributed by atoms with van der Waals surface area (Å²) >= 11 is 0. The third-order valence-electron chi connectivity index (χ3n) is 3.45. The summed E-state index contributed by atoms with van der Waals surface area (Å²) in [5, 5.41) is 10.4. The molecule has 0 unspecified atom stereocenters. The lowest BCUT2D eigenvalue weighted by Gasteiger charge is -2.46. The minimum atomic E-state index is -1.00. The predicted molar refractivity (Wildman–Crippen MR) is 77.6 cm³/mol. The fourth-order valence-corrected chi connectivity index (χ4v) is 2.42. The number of β-amino-alcohol motifs (C(OH)–C–C–N with tert-alkyl or cyclic N) is 1. The monoisotopic (exact) mass is 295 g/mol. The van der Waals surface area contributed by atoms with Crippen molar-refractivity contribution in [2.75, 3.05) is 13.1 Å². The van der Waals surface area contributed by atoms with E-state index < -0.39 is 17.3 Å². The van der Waals surface area contributed by atoms with Crippen LogP contribution >= 0.6 is 0 Å². The number of benzene rings is 1. The number of halogens is 1. The van der Waals surface area contributed by atoms with E-state index in [1.54, 1.807) is 26.8 Å². The molecule has 0 aliphatic carbocycles. The minimum absolute atomic E-state index is 0.206. The third kappa shape index (κ3) is 3.94. The van der Waals surface area contributed by atoms with E-state index in [2.05, 4.69) is 0 Å². The van der Waals surface area contributed by atoms with Crippen molar-refractivity contribution in [2.45, 2.75) is 45.3 Å². The first kappa shape index (κ1) is 15.8. The van der Waals surface area contributed by atoms with Gasteiger partial charge in [-0.05, 0) is 51.0 Å². The molecule has 1 heterocycles. The van der Waals surface area contributed by atoms with Gasteiger partial charge >= 0.3 is 6.09 Å². The van der Waals surface area contributed by atoms with Gasteiger partial charge in [0.15, 0.2) is 0 Å². The maximum Gasteiger partial charge on any atom is 0.410 e. The molecule has 1 fully saturated rings. The molecular formula is C16H22FNO3. The fourth-order valence-electron chi connectivity index (χ4n) is 2.42. The number of rotatable bonds is 2. The van der Waals surface area contributed by atoms with Crippen LogP contribution in [0.1, 0.15) is 31.9 Å². The molecule has 116 valence electrons. The number of nitrogens with zero attached hydrogens (tertiary/aromatic N) is 1. The average molecular weight is 295 g/mol. The number of aliphatic hydroxyl groups is 1. The average Bonchev–Trinajstić information content (AvgIpc) is 2.28. The summed E-state index contributed by atoms with van der Waals surface area (Å²) in [6.45, 7) is 7.69. The van der Waals surface area contributed by atoms with E-state index >= 15 is 0 Å². The molecule has 0 saturated carbocycles. The number of hydrogen-bond donors (Lipinski definition) is 1. The summed E-state index contributed by atoms with van der Waals surface area (Å²) in [5.74, 6) is -0.317. The summed E-state index contributed by atoms with van der Waals surface area (Å²) in [6.07, 6.45) is -0.0984. The SMILES string of the molecule is Cc1ccc(F)cc1CC1(O)CN(C(=O)OC(C)(C)C)C1. The van der Waals surface area contributed by atoms with Crippen LogP contribution in [-0.2, 0) is 11.2 Å². The van der Waals surface area contributed by atoms with Crippen LogP contribution in [0.15, 0.2) is 18.2 Å². The van der Waals surface area contributed by atoms with Gasteiger partial charge in [-0.3, -0.25) is 0 Å². The molecule has 4 nitrogen and oxygen atoms in total. The topological polar surface area (TPSA) is 49.8 Å². The third-order valence-corrected chi connectivity index (χ3v) is 3.45. The molecule has 21 heavy (non-hydrogen) atoms. The molecule has 0 atom stereocenters. The van der Waals surface area contributed by atoms with E-state index in [1.165, 1.54) is 17.0 Å². The summed E-state index contributed by atoms with van der Waals surface area (Å²) in [6, 6.07) is 4.53. The molecule has 1 aliphatic rings. The van der Waals surface area contributed by atoms with Crippen LogP contribution < -0.4 is 0 Å². The second-order valence-corrected chi connectivity index (χ2v) is 6.81. The smallest absolute Gasteiger partial charge is 0.410 e. The first-order chi connectivity index (χ1) is 9.58. The molecule has 0 aromatic heterocycles. The molecule has 2 rings (SSSR count). The Morgan fingerprint density at radius 3 is 2.62 bits per heavy atom. The van der Waals surface area contributed by atoms with Gasteiger partial charge in [0.2, 0.25) is 0 Å². The minimum Gasteiger partial charge on any atom is -0.444 e. The zero-order valence-corrected chi connectivity index (χ0v) is 12.9. The molecule has 1 aliphatic heterocycles. The van der Waals surface area contributed by atoms with E-state index in [-0.39, 0.29) is 18.9 Å². The molecule has 1 amide bonds. The van der Waals surface area contributed by atoms with Gasteiger partial charge in [0.05, 0.1) is 13.1 Å². The van der Waals surface area contributed by atoms with Crippen molar-refractivity contribution in [3.05, 3.63) is 35.1 Å². The lowest BCUT2D eigenvalue weighted by Crippen LogP contribution is -2.65. The molecule has 0 radical (unpaired) electrons. The highest BCUT2D eigenvalue weighted by Gasteiger charge is 2.45. The van der Waals surface area contributed by atoms with Gasteiger partial charge in [0.1, 0.15) is 17.0 Å².